The number of benzene rings is 1. The SMILES string of the molecule is COc1cccc(CNc2nccnc2-c2ccoc2)c1OC. The van der Waals surface area contributed by atoms with Crippen LogP contribution < -0.4 is 14.8 Å². The molecule has 3 aromatic rings. The lowest BCUT2D eigenvalue weighted by atomic mass is 10.1. The van der Waals surface area contributed by atoms with Crippen molar-refractivity contribution in [3.8, 4) is 22.8 Å². The molecular weight excluding hydrogens is 294 g/mol. The number of hydrogen-bond acceptors (Lipinski definition) is 6. The van der Waals surface area contributed by atoms with Crippen molar-refractivity contribution in [1.82, 2.24) is 9.97 Å². The summed E-state index contributed by atoms with van der Waals surface area (Å²) >= 11 is 0. The van der Waals surface area contributed by atoms with Crippen molar-refractivity contribution in [3.05, 3.63) is 54.7 Å². The molecule has 1 aromatic carbocycles. The van der Waals surface area contributed by atoms with Crippen LogP contribution in [0.25, 0.3) is 11.3 Å². The molecule has 0 fully saturated rings. The van der Waals surface area contributed by atoms with Gasteiger partial charge in [-0.1, -0.05) is 12.1 Å². The van der Waals surface area contributed by atoms with E-state index >= 15 is 0 Å². The van der Waals surface area contributed by atoms with Crippen molar-refractivity contribution in [3.63, 3.8) is 0 Å². The van der Waals surface area contributed by atoms with Gasteiger partial charge in [-0.2, -0.15) is 0 Å². The summed E-state index contributed by atoms with van der Waals surface area (Å²) < 4.78 is 15.9. The predicted octanol–water partition coefficient (Wildman–Crippen LogP) is 3.37. The van der Waals surface area contributed by atoms with Crippen molar-refractivity contribution in [2.45, 2.75) is 6.54 Å². The molecule has 0 aliphatic carbocycles. The van der Waals surface area contributed by atoms with Gasteiger partial charge in [-0.15, -0.1) is 0 Å². The van der Waals surface area contributed by atoms with Crippen LogP contribution in [0.15, 0.2) is 53.6 Å². The van der Waals surface area contributed by atoms with Crippen LogP contribution >= 0.6 is 0 Å². The highest BCUT2D eigenvalue weighted by atomic mass is 16.5. The fourth-order valence-electron chi connectivity index (χ4n) is 2.35. The van der Waals surface area contributed by atoms with Crippen molar-refractivity contribution in [1.29, 1.82) is 0 Å². The Balaban J connectivity index is 1.85. The van der Waals surface area contributed by atoms with E-state index in [9.17, 15) is 0 Å². The molecule has 2 heterocycles. The number of rotatable bonds is 6. The van der Waals surface area contributed by atoms with Crippen LogP contribution in [-0.2, 0) is 6.54 Å². The summed E-state index contributed by atoms with van der Waals surface area (Å²) in [5.74, 6) is 2.08. The Bertz CT molecular complexity index is 773. The van der Waals surface area contributed by atoms with Gasteiger partial charge in [-0.05, 0) is 12.1 Å². The zero-order chi connectivity index (χ0) is 16.1. The largest absolute Gasteiger partial charge is 0.493 e. The summed E-state index contributed by atoms with van der Waals surface area (Å²) in [6.45, 7) is 0.532. The maximum Gasteiger partial charge on any atom is 0.165 e. The van der Waals surface area contributed by atoms with E-state index in [1.54, 1.807) is 39.1 Å². The first-order valence-electron chi connectivity index (χ1n) is 7.10. The van der Waals surface area contributed by atoms with E-state index in [2.05, 4.69) is 15.3 Å². The lowest BCUT2D eigenvalue weighted by Crippen LogP contribution is -2.06. The molecule has 0 unspecified atom stereocenters. The van der Waals surface area contributed by atoms with Gasteiger partial charge in [0.05, 0.1) is 26.7 Å². The van der Waals surface area contributed by atoms with Crippen LogP contribution in [0, 0.1) is 0 Å². The molecule has 0 spiro atoms. The minimum absolute atomic E-state index is 0.532. The molecule has 0 saturated heterocycles. The molecule has 118 valence electrons. The van der Waals surface area contributed by atoms with E-state index < -0.39 is 0 Å². The molecule has 0 saturated carbocycles. The zero-order valence-electron chi connectivity index (χ0n) is 12.9. The second kappa shape index (κ2) is 6.83. The third kappa shape index (κ3) is 3.11. The average molecular weight is 311 g/mol. The van der Waals surface area contributed by atoms with Crippen molar-refractivity contribution in [2.24, 2.45) is 0 Å². The zero-order valence-corrected chi connectivity index (χ0v) is 12.9. The second-order valence-corrected chi connectivity index (χ2v) is 4.77. The number of furan rings is 1. The molecule has 0 aliphatic heterocycles. The van der Waals surface area contributed by atoms with E-state index in [-0.39, 0.29) is 0 Å². The first-order valence-corrected chi connectivity index (χ1v) is 7.10. The number of anilines is 1. The van der Waals surface area contributed by atoms with Crippen LogP contribution in [0.2, 0.25) is 0 Å². The van der Waals surface area contributed by atoms with E-state index in [0.717, 1.165) is 16.8 Å². The van der Waals surface area contributed by atoms with Gasteiger partial charge in [-0.25, -0.2) is 4.98 Å². The summed E-state index contributed by atoms with van der Waals surface area (Å²) in [5, 5.41) is 3.29. The van der Waals surface area contributed by atoms with Crippen molar-refractivity contribution >= 4 is 5.82 Å². The van der Waals surface area contributed by atoms with Gasteiger partial charge in [0.15, 0.2) is 17.3 Å². The van der Waals surface area contributed by atoms with Gasteiger partial charge in [0.25, 0.3) is 0 Å². The first-order chi connectivity index (χ1) is 11.3. The highest BCUT2D eigenvalue weighted by Gasteiger charge is 2.12. The number of nitrogens with zero attached hydrogens (tertiary/aromatic N) is 2. The molecule has 0 aliphatic rings. The summed E-state index contributed by atoms with van der Waals surface area (Å²) in [4.78, 5) is 8.73. The lowest BCUT2D eigenvalue weighted by Gasteiger charge is -2.14. The summed E-state index contributed by atoms with van der Waals surface area (Å²) in [6.07, 6.45) is 6.55. The maximum atomic E-state index is 5.44. The fraction of sp³-hybridized carbons (Fsp3) is 0.176. The van der Waals surface area contributed by atoms with Gasteiger partial charge in [-0.3, -0.25) is 4.98 Å². The molecule has 6 nitrogen and oxygen atoms in total. The quantitative estimate of drug-likeness (QED) is 0.752. The Labute approximate surface area is 134 Å². The molecule has 0 atom stereocenters. The minimum Gasteiger partial charge on any atom is -0.493 e. The van der Waals surface area contributed by atoms with Crippen LogP contribution in [0.3, 0.4) is 0 Å². The molecule has 1 N–H and O–H groups in total. The van der Waals surface area contributed by atoms with E-state index in [4.69, 9.17) is 13.9 Å². The maximum absolute atomic E-state index is 5.44. The Morgan fingerprint density at radius 2 is 1.96 bits per heavy atom. The Hall–Kier alpha value is -3.02. The van der Waals surface area contributed by atoms with Crippen molar-refractivity contribution in [2.75, 3.05) is 19.5 Å². The third-order valence-electron chi connectivity index (χ3n) is 3.42. The van der Waals surface area contributed by atoms with Gasteiger partial charge < -0.3 is 19.2 Å². The summed E-state index contributed by atoms with van der Waals surface area (Å²) in [7, 11) is 3.25. The third-order valence-corrected chi connectivity index (χ3v) is 3.42. The monoisotopic (exact) mass is 311 g/mol. The standard InChI is InChI=1S/C17H17N3O3/c1-21-14-5-3-4-12(16(14)22-2)10-20-17-15(18-7-8-19-17)13-6-9-23-11-13/h3-9,11H,10H2,1-2H3,(H,19,20). The molecular formula is C17H17N3O3. The normalized spacial score (nSPS) is 10.3. The molecule has 6 heteroatoms. The van der Waals surface area contributed by atoms with Gasteiger partial charge in [0.1, 0.15) is 5.69 Å². The number of hydrogen-bond donors (Lipinski definition) is 1. The average Bonchev–Trinajstić information content (AvgIpc) is 3.14. The molecule has 3 rings (SSSR count). The van der Waals surface area contributed by atoms with Crippen LogP contribution in [0.4, 0.5) is 5.82 Å². The van der Waals surface area contributed by atoms with Gasteiger partial charge in [0, 0.05) is 30.1 Å². The van der Waals surface area contributed by atoms with E-state index in [1.807, 2.05) is 24.3 Å². The topological polar surface area (TPSA) is 69.4 Å². The Morgan fingerprint density at radius 1 is 1.09 bits per heavy atom. The Kier molecular flexibility index (Phi) is 4.42. The highest BCUT2D eigenvalue weighted by Crippen LogP contribution is 2.31. The minimum atomic E-state index is 0.532. The highest BCUT2D eigenvalue weighted by molar-refractivity contribution is 5.70. The first kappa shape index (κ1) is 14.9. The van der Waals surface area contributed by atoms with Crippen LogP contribution in [-0.4, -0.2) is 24.2 Å². The molecule has 2 aromatic heterocycles. The fourth-order valence-corrected chi connectivity index (χ4v) is 2.35. The molecule has 0 radical (unpaired) electrons. The molecule has 23 heavy (non-hydrogen) atoms. The second-order valence-electron chi connectivity index (χ2n) is 4.77. The summed E-state index contributed by atoms with van der Waals surface area (Å²) in [6, 6.07) is 7.61. The smallest absolute Gasteiger partial charge is 0.165 e. The molecule has 0 amide bonds. The number of nitrogens with one attached hydrogen (secondary N) is 1. The number of para-hydroxylation sites is 1. The van der Waals surface area contributed by atoms with E-state index in [1.165, 1.54) is 0 Å². The summed E-state index contributed by atoms with van der Waals surface area (Å²) in [5.41, 5.74) is 2.58. The predicted molar refractivity (Wildman–Crippen MR) is 86.6 cm³/mol. The van der Waals surface area contributed by atoms with Crippen LogP contribution in [0.1, 0.15) is 5.56 Å². The number of ether oxygens (including phenoxy) is 2. The van der Waals surface area contributed by atoms with Crippen molar-refractivity contribution < 1.29 is 13.9 Å². The van der Waals surface area contributed by atoms with Crippen LogP contribution in [0.5, 0.6) is 11.5 Å². The lowest BCUT2D eigenvalue weighted by molar-refractivity contribution is 0.352. The number of aromatic nitrogens is 2. The van der Waals surface area contributed by atoms with Gasteiger partial charge in [0.2, 0.25) is 0 Å². The van der Waals surface area contributed by atoms with E-state index in [0.29, 0.717) is 23.9 Å². The Morgan fingerprint density at radius 3 is 2.70 bits per heavy atom. The van der Waals surface area contributed by atoms with Gasteiger partial charge >= 0.3 is 0 Å². The number of methoxy groups -OCH3 is 2. The molecule has 0 bridgehead atoms.